The van der Waals surface area contributed by atoms with Gasteiger partial charge in [-0.25, -0.2) is 9.78 Å². The Balaban J connectivity index is 1.54. The molecule has 0 saturated carbocycles. The van der Waals surface area contributed by atoms with Gasteiger partial charge in [0.2, 0.25) is 0 Å². The van der Waals surface area contributed by atoms with Gasteiger partial charge >= 0.3 is 6.03 Å². The Kier molecular flexibility index (Phi) is 2.85. The molecule has 0 aromatic carbocycles. The van der Waals surface area contributed by atoms with Crippen molar-refractivity contribution in [2.75, 3.05) is 25.1 Å². The van der Waals surface area contributed by atoms with Crippen molar-refractivity contribution in [1.29, 1.82) is 0 Å². The third kappa shape index (κ3) is 2.06. The van der Waals surface area contributed by atoms with Gasteiger partial charge in [-0.3, -0.25) is 0 Å². The number of aromatic nitrogens is 2. The van der Waals surface area contributed by atoms with E-state index in [2.05, 4.69) is 10.3 Å². The van der Waals surface area contributed by atoms with Crippen LogP contribution in [0.5, 0.6) is 0 Å². The van der Waals surface area contributed by atoms with E-state index < -0.39 is 0 Å². The summed E-state index contributed by atoms with van der Waals surface area (Å²) in [6.07, 6.45) is 8.56. The lowest BCUT2D eigenvalue weighted by Crippen LogP contribution is -2.49. The second-order valence-corrected chi connectivity index (χ2v) is 5.82. The average molecular weight is 286 g/mol. The maximum Gasteiger partial charge on any atom is 0.322 e. The average Bonchev–Trinajstić information content (AvgIpc) is 3.21. The summed E-state index contributed by atoms with van der Waals surface area (Å²) in [5, 5.41) is 3.00. The van der Waals surface area contributed by atoms with Crippen molar-refractivity contribution in [2.24, 2.45) is 0 Å². The van der Waals surface area contributed by atoms with Crippen molar-refractivity contribution in [2.45, 2.75) is 24.8 Å². The summed E-state index contributed by atoms with van der Waals surface area (Å²) in [7, 11) is 0. The zero-order chi connectivity index (χ0) is 14.3. The highest BCUT2D eigenvalue weighted by molar-refractivity contribution is 5.90. The predicted octanol–water partition coefficient (Wildman–Crippen LogP) is 2.12. The van der Waals surface area contributed by atoms with Crippen molar-refractivity contribution in [3.63, 3.8) is 0 Å². The van der Waals surface area contributed by atoms with Gasteiger partial charge < -0.3 is 19.4 Å². The van der Waals surface area contributed by atoms with Crippen LogP contribution in [0.25, 0.3) is 5.65 Å². The molecular weight excluding hydrogens is 268 g/mol. The largest absolute Gasteiger partial charge is 0.379 e. The number of carbonyl (C=O) groups excluding carboxylic acids is 1. The molecule has 2 amide bonds. The van der Waals surface area contributed by atoms with Crippen molar-refractivity contribution >= 4 is 17.4 Å². The first kappa shape index (κ1) is 12.6. The van der Waals surface area contributed by atoms with Crippen LogP contribution in [-0.2, 0) is 4.74 Å². The Morgan fingerprint density at radius 2 is 2.33 bits per heavy atom. The molecule has 1 N–H and O–H groups in total. The molecule has 6 heteroatoms. The van der Waals surface area contributed by atoms with Crippen LogP contribution in [0.3, 0.4) is 0 Å². The summed E-state index contributed by atoms with van der Waals surface area (Å²) in [6, 6.07) is 3.74. The molecule has 2 fully saturated rings. The molecule has 110 valence electrons. The first-order valence-corrected chi connectivity index (χ1v) is 7.36. The van der Waals surface area contributed by atoms with Gasteiger partial charge in [-0.15, -0.1) is 0 Å². The summed E-state index contributed by atoms with van der Waals surface area (Å²) >= 11 is 0. The van der Waals surface area contributed by atoms with Crippen molar-refractivity contribution < 1.29 is 9.53 Å². The maximum atomic E-state index is 12.6. The topological polar surface area (TPSA) is 58.9 Å². The molecule has 21 heavy (non-hydrogen) atoms. The molecule has 2 aromatic heterocycles. The number of ether oxygens (including phenoxy) is 1. The summed E-state index contributed by atoms with van der Waals surface area (Å²) in [5.41, 5.74) is 1.52. The molecule has 6 nitrogen and oxygen atoms in total. The Hall–Kier alpha value is -2.08. The fraction of sp³-hybridized carbons (Fsp3) is 0.467. The van der Waals surface area contributed by atoms with Crippen LogP contribution in [0.2, 0.25) is 0 Å². The van der Waals surface area contributed by atoms with Gasteiger partial charge in [0.25, 0.3) is 0 Å². The normalized spacial score (nSPS) is 25.0. The van der Waals surface area contributed by atoms with Crippen molar-refractivity contribution in [3.8, 4) is 0 Å². The standard InChI is InChI=1S/C15H18N4O2/c20-14(19-6-1-3-15(19)4-9-21-11-15)17-12-2-7-18-8-5-16-13(18)10-12/h2,5,7-8,10H,1,3-4,6,9,11H2,(H,17,20). The highest BCUT2D eigenvalue weighted by Crippen LogP contribution is 2.36. The quantitative estimate of drug-likeness (QED) is 0.873. The SMILES string of the molecule is O=C(Nc1ccn2ccnc2c1)N1CCCC12CCOC2. The third-order valence-electron chi connectivity index (χ3n) is 4.57. The molecule has 0 radical (unpaired) electrons. The number of pyridine rings is 1. The van der Waals surface area contributed by atoms with E-state index >= 15 is 0 Å². The molecule has 2 aliphatic heterocycles. The molecule has 1 atom stereocenters. The monoisotopic (exact) mass is 286 g/mol. The van der Waals surface area contributed by atoms with Crippen LogP contribution in [-0.4, -0.2) is 45.6 Å². The van der Waals surface area contributed by atoms with E-state index in [0.29, 0.717) is 6.61 Å². The smallest absolute Gasteiger partial charge is 0.322 e. The van der Waals surface area contributed by atoms with Gasteiger partial charge in [0.15, 0.2) is 0 Å². The summed E-state index contributed by atoms with van der Waals surface area (Å²) in [4.78, 5) is 18.8. The van der Waals surface area contributed by atoms with Crippen molar-refractivity contribution in [1.82, 2.24) is 14.3 Å². The molecule has 1 spiro atoms. The third-order valence-corrected chi connectivity index (χ3v) is 4.57. The van der Waals surface area contributed by atoms with Crippen LogP contribution >= 0.6 is 0 Å². The first-order chi connectivity index (χ1) is 10.3. The molecule has 2 saturated heterocycles. The predicted molar refractivity (Wildman–Crippen MR) is 78.3 cm³/mol. The van der Waals surface area contributed by atoms with E-state index in [0.717, 1.165) is 43.7 Å². The van der Waals surface area contributed by atoms with Gasteiger partial charge in [0.05, 0.1) is 12.1 Å². The van der Waals surface area contributed by atoms with Gasteiger partial charge in [0.1, 0.15) is 5.65 Å². The fourth-order valence-electron chi connectivity index (χ4n) is 3.44. The van der Waals surface area contributed by atoms with Crippen molar-refractivity contribution in [3.05, 3.63) is 30.7 Å². The van der Waals surface area contributed by atoms with E-state index in [9.17, 15) is 4.79 Å². The number of likely N-dealkylation sites (tertiary alicyclic amines) is 1. The number of fused-ring (bicyclic) bond motifs is 1. The molecule has 0 aliphatic carbocycles. The number of urea groups is 1. The molecular formula is C15H18N4O2. The van der Waals surface area contributed by atoms with E-state index in [4.69, 9.17) is 4.74 Å². The van der Waals surface area contributed by atoms with Crippen LogP contribution in [0.1, 0.15) is 19.3 Å². The minimum absolute atomic E-state index is 0.0334. The number of hydrogen-bond donors (Lipinski definition) is 1. The number of imidazole rings is 1. The number of anilines is 1. The highest BCUT2D eigenvalue weighted by atomic mass is 16.5. The first-order valence-electron chi connectivity index (χ1n) is 7.36. The summed E-state index contributed by atoms with van der Waals surface area (Å²) in [5.74, 6) is 0. The summed E-state index contributed by atoms with van der Waals surface area (Å²) < 4.78 is 7.44. The van der Waals surface area contributed by atoms with E-state index in [1.807, 2.05) is 33.8 Å². The fourth-order valence-corrected chi connectivity index (χ4v) is 3.44. The van der Waals surface area contributed by atoms with E-state index in [-0.39, 0.29) is 11.6 Å². The molecule has 2 aliphatic rings. The maximum absolute atomic E-state index is 12.6. The Morgan fingerprint density at radius 3 is 3.19 bits per heavy atom. The Morgan fingerprint density at radius 1 is 1.38 bits per heavy atom. The molecule has 0 bridgehead atoms. The second-order valence-electron chi connectivity index (χ2n) is 5.82. The Labute approximate surface area is 122 Å². The van der Waals surface area contributed by atoms with Gasteiger partial charge in [0, 0.05) is 43.5 Å². The zero-order valence-corrected chi connectivity index (χ0v) is 11.8. The lowest BCUT2D eigenvalue weighted by Gasteiger charge is -2.33. The number of rotatable bonds is 1. The van der Waals surface area contributed by atoms with E-state index in [1.54, 1.807) is 6.20 Å². The van der Waals surface area contributed by atoms with Gasteiger partial charge in [-0.05, 0) is 25.3 Å². The highest BCUT2D eigenvalue weighted by Gasteiger charge is 2.46. The number of amides is 2. The molecule has 4 heterocycles. The van der Waals surface area contributed by atoms with Crippen LogP contribution < -0.4 is 5.32 Å². The minimum atomic E-state index is -0.0819. The van der Waals surface area contributed by atoms with Crippen LogP contribution in [0, 0.1) is 0 Å². The van der Waals surface area contributed by atoms with Crippen LogP contribution in [0.15, 0.2) is 30.7 Å². The van der Waals surface area contributed by atoms with Gasteiger partial charge in [-0.2, -0.15) is 0 Å². The lowest BCUT2D eigenvalue weighted by molar-refractivity contribution is 0.121. The van der Waals surface area contributed by atoms with Crippen LogP contribution in [0.4, 0.5) is 10.5 Å². The lowest BCUT2D eigenvalue weighted by atomic mass is 9.96. The number of carbonyl (C=O) groups is 1. The number of hydrogen-bond acceptors (Lipinski definition) is 3. The minimum Gasteiger partial charge on any atom is -0.379 e. The molecule has 4 rings (SSSR count). The zero-order valence-electron chi connectivity index (χ0n) is 11.8. The number of nitrogens with zero attached hydrogens (tertiary/aromatic N) is 3. The van der Waals surface area contributed by atoms with Gasteiger partial charge in [-0.1, -0.05) is 0 Å². The number of nitrogens with one attached hydrogen (secondary N) is 1. The van der Waals surface area contributed by atoms with E-state index in [1.165, 1.54) is 0 Å². The molecule has 2 aromatic rings. The Bertz CT molecular complexity index is 670. The second kappa shape index (κ2) is 4.73. The summed E-state index contributed by atoms with van der Waals surface area (Å²) in [6.45, 7) is 2.23. The molecule has 1 unspecified atom stereocenters.